The molecule has 8 heteroatoms. The van der Waals surface area contributed by atoms with Crippen LogP contribution in [0, 0.1) is 0 Å². The number of carbonyl (C=O) groups excluding carboxylic acids is 2. The molecule has 1 aliphatic heterocycles. The quantitative estimate of drug-likeness (QED) is 0.498. The maximum atomic E-state index is 12.3. The maximum Gasteiger partial charge on any atom is 0.254 e. The van der Waals surface area contributed by atoms with Crippen molar-refractivity contribution in [1.82, 2.24) is 4.90 Å². The topological polar surface area (TPSA) is 130 Å². The van der Waals surface area contributed by atoms with Gasteiger partial charge in [0, 0.05) is 19.5 Å². The Morgan fingerprint density at radius 2 is 1.81 bits per heavy atom. The second kappa shape index (κ2) is 7.17. The van der Waals surface area contributed by atoms with Gasteiger partial charge in [0.15, 0.2) is 6.10 Å². The van der Waals surface area contributed by atoms with Gasteiger partial charge in [-0.15, -0.1) is 0 Å². The third-order valence-corrected chi connectivity index (χ3v) is 3.37. The summed E-state index contributed by atoms with van der Waals surface area (Å²) in [5, 5.41) is 40.2. The Hall–Kier alpha value is -1.22. The molecule has 1 aliphatic rings. The Morgan fingerprint density at radius 1 is 1.29 bits per heavy atom. The van der Waals surface area contributed by atoms with Crippen molar-refractivity contribution in [1.29, 1.82) is 0 Å². The monoisotopic (exact) mass is 304 g/mol. The van der Waals surface area contributed by atoms with Crippen molar-refractivity contribution in [2.45, 2.75) is 57.2 Å². The van der Waals surface area contributed by atoms with E-state index in [-0.39, 0.29) is 0 Å². The predicted molar refractivity (Wildman–Crippen MR) is 68.6 cm³/mol. The van der Waals surface area contributed by atoms with E-state index in [1.54, 1.807) is 0 Å². The Kier molecular flexibility index (Phi) is 6.09. The summed E-state index contributed by atoms with van der Waals surface area (Å²) in [7, 11) is 0. The molecule has 1 rings (SSSR count). The van der Waals surface area contributed by atoms with Gasteiger partial charge < -0.3 is 34.9 Å². The van der Waals surface area contributed by atoms with Crippen LogP contribution in [0.3, 0.4) is 0 Å². The fraction of sp³-hybridized carbons (Fsp3) is 0.846. The number of aliphatic hydroxyl groups excluding tert-OH is 2. The zero-order valence-corrected chi connectivity index (χ0v) is 12.2. The minimum atomic E-state index is -2.79. The number of ether oxygens (including phenoxy) is 1. The van der Waals surface area contributed by atoms with Crippen molar-refractivity contribution in [3.63, 3.8) is 0 Å². The molecule has 122 valence electrons. The lowest BCUT2D eigenvalue weighted by Crippen LogP contribution is -2.65. The van der Waals surface area contributed by atoms with Crippen molar-refractivity contribution in [3.05, 3.63) is 0 Å². The van der Waals surface area contributed by atoms with Crippen LogP contribution in [0.15, 0.2) is 0 Å². The first kappa shape index (κ1) is 17.8. The smallest absolute Gasteiger partial charge is 0.254 e. The first-order chi connectivity index (χ1) is 9.76. The molecule has 0 spiro atoms. The lowest BCUT2D eigenvalue weighted by atomic mass is 9.94. The van der Waals surface area contributed by atoms with Gasteiger partial charge in [0.2, 0.25) is 5.79 Å². The molecular weight excluding hydrogens is 282 g/mol. The van der Waals surface area contributed by atoms with Crippen LogP contribution in [-0.2, 0) is 14.3 Å². The van der Waals surface area contributed by atoms with Crippen LogP contribution in [0.25, 0.3) is 0 Å². The number of hydrogen-bond donors (Lipinski definition) is 3. The number of rotatable bonds is 6. The van der Waals surface area contributed by atoms with E-state index in [9.17, 15) is 30.0 Å². The highest BCUT2D eigenvalue weighted by molar-refractivity contribution is 5.83. The molecule has 8 nitrogen and oxygen atoms in total. The fourth-order valence-corrected chi connectivity index (χ4v) is 2.31. The number of aliphatic carboxylic acids is 1. The van der Waals surface area contributed by atoms with E-state index in [2.05, 4.69) is 0 Å². The summed E-state index contributed by atoms with van der Waals surface area (Å²) in [4.78, 5) is 24.7. The lowest BCUT2D eigenvalue weighted by Gasteiger charge is -2.43. The summed E-state index contributed by atoms with van der Waals surface area (Å²) in [5.41, 5.74) is 0. The molecule has 0 aliphatic carbocycles. The lowest BCUT2D eigenvalue weighted by molar-refractivity contribution is -0.371. The number of hydrogen-bond acceptors (Lipinski definition) is 7. The summed E-state index contributed by atoms with van der Waals surface area (Å²) in [6.45, 7) is 4.53. The molecule has 0 aromatic carbocycles. The van der Waals surface area contributed by atoms with Crippen molar-refractivity contribution in [2.24, 2.45) is 0 Å². The number of carboxylic acid groups (broad SMARTS) is 1. The SMILES string of the molecule is CCCN(CCC)C(=O)[C@@H]1OC(O)(C(=O)[O-])C[C@@H](O)[C@H]1O. The van der Waals surface area contributed by atoms with E-state index in [4.69, 9.17) is 4.74 Å². The van der Waals surface area contributed by atoms with Crippen molar-refractivity contribution in [3.8, 4) is 0 Å². The number of carbonyl (C=O) groups is 2. The summed E-state index contributed by atoms with van der Waals surface area (Å²) < 4.78 is 4.85. The molecular formula is C13H22NO7-. The summed E-state index contributed by atoms with van der Waals surface area (Å²) >= 11 is 0. The van der Waals surface area contributed by atoms with Gasteiger partial charge in [-0.3, -0.25) is 4.79 Å². The van der Waals surface area contributed by atoms with Crippen LogP contribution >= 0.6 is 0 Å². The molecule has 21 heavy (non-hydrogen) atoms. The third-order valence-electron chi connectivity index (χ3n) is 3.37. The van der Waals surface area contributed by atoms with Gasteiger partial charge in [-0.05, 0) is 12.8 Å². The highest BCUT2D eigenvalue weighted by Crippen LogP contribution is 2.28. The normalized spacial score (nSPS) is 32.7. The zero-order valence-electron chi connectivity index (χ0n) is 12.2. The third kappa shape index (κ3) is 3.91. The van der Waals surface area contributed by atoms with E-state index in [0.29, 0.717) is 25.9 Å². The average Bonchev–Trinajstić information content (AvgIpc) is 2.41. The summed E-state index contributed by atoms with van der Waals surface area (Å²) in [5.74, 6) is -5.41. The molecule has 1 heterocycles. The maximum absolute atomic E-state index is 12.3. The average molecular weight is 304 g/mol. The largest absolute Gasteiger partial charge is 0.544 e. The van der Waals surface area contributed by atoms with Crippen LogP contribution in [-0.4, -0.2) is 69.3 Å². The number of nitrogens with zero attached hydrogens (tertiary/aromatic N) is 1. The summed E-state index contributed by atoms with van der Waals surface area (Å²) in [6, 6.07) is 0. The molecule has 3 N–H and O–H groups in total. The molecule has 1 unspecified atom stereocenters. The van der Waals surface area contributed by atoms with Gasteiger partial charge in [0.05, 0.1) is 6.10 Å². The second-order valence-corrected chi connectivity index (χ2v) is 5.20. The Bertz CT molecular complexity index is 383. The molecule has 0 radical (unpaired) electrons. The number of aliphatic hydroxyl groups is 3. The van der Waals surface area contributed by atoms with E-state index in [0.717, 1.165) is 0 Å². The number of amides is 1. The molecule has 1 saturated heterocycles. The minimum absolute atomic E-state index is 0.402. The standard InChI is InChI=1S/C13H23NO7/c1-3-5-14(6-4-2)11(17)10-9(16)8(15)7-13(20,21-10)12(18)19/h8-10,15-16,20H,3-7H2,1-2H3,(H,18,19)/p-1/t8-,9-,10-,13?/m1/s1. The van der Waals surface area contributed by atoms with E-state index < -0.39 is 42.4 Å². The Labute approximate surface area is 122 Å². The zero-order chi connectivity index (χ0) is 16.2. The van der Waals surface area contributed by atoms with E-state index in [1.165, 1.54) is 4.90 Å². The molecule has 0 aromatic heterocycles. The molecule has 0 bridgehead atoms. The predicted octanol–water partition coefficient (Wildman–Crippen LogP) is -2.42. The van der Waals surface area contributed by atoms with Crippen LogP contribution in [0.4, 0.5) is 0 Å². The Balaban J connectivity index is 2.96. The first-order valence-electron chi connectivity index (χ1n) is 7.03. The number of carboxylic acids is 1. The first-order valence-corrected chi connectivity index (χ1v) is 7.03. The van der Waals surface area contributed by atoms with Gasteiger partial charge >= 0.3 is 0 Å². The van der Waals surface area contributed by atoms with Crippen molar-refractivity contribution < 1.29 is 34.8 Å². The van der Waals surface area contributed by atoms with Crippen LogP contribution in [0.5, 0.6) is 0 Å². The van der Waals surface area contributed by atoms with Crippen LogP contribution < -0.4 is 5.11 Å². The highest BCUT2D eigenvalue weighted by Gasteiger charge is 2.49. The van der Waals surface area contributed by atoms with E-state index in [1.807, 2.05) is 13.8 Å². The van der Waals surface area contributed by atoms with Gasteiger partial charge in [-0.25, -0.2) is 0 Å². The minimum Gasteiger partial charge on any atom is -0.544 e. The van der Waals surface area contributed by atoms with Gasteiger partial charge in [0.25, 0.3) is 5.91 Å². The second-order valence-electron chi connectivity index (χ2n) is 5.20. The molecule has 1 amide bonds. The molecule has 0 aromatic rings. The van der Waals surface area contributed by atoms with Crippen LogP contribution in [0.1, 0.15) is 33.1 Å². The molecule has 1 fully saturated rings. The fourth-order valence-electron chi connectivity index (χ4n) is 2.31. The van der Waals surface area contributed by atoms with Crippen LogP contribution in [0.2, 0.25) is 0 Å². The Morgan fingerprint density at radius 3 is 2.24 bits per heavy atom. The van der Waals surface area contributed by atoms with Gasteiger partial charge in [-0.1, -0.05) is 13.8 Å². The van der Waals surface area contributed by atoms with Crippen molar-refractivity contribution >= 4 is 11.9 Å². The van der Waals surface area contributed by atoms with E-state index >= 15 is 0 Å². The highest BCUT2D eigenvalue weighted by atomic mass is 16.7. The summed E-state index contributed by atoms with van der Waals surface area (Å²) in [6.07, 6.45) is -4.27. The molecule has 4 atom stereocenters. The molecule has 0 saturated carbocycles. The van der Waals surface area contributed by atoms with Gasteiger partial charge in [0.1, 0.15) is 12.1 Å². The van der Waals surface area contributed by atoms with Gasteiger partial charge in [-0.2, -0.15) is 0 Å². The van der Waals surface area contributed by atoms with Crippen molar-refractivity contribution in [2.75, 3.05) is 13.1 Å².